The first kappa shape index (κ1) is 17.1. The van der Waals surface area contributed by atoms with Crippen LogP contribution in [0.15, 0.2) is 29.3 Å². The summed E-state index contributed by atoms with van der Waals surface area (Å²) in [5, 5.41) is 2.89. The number of rotatable bonds is 4. The zero-order valence-electron chi connectivity index (χ0n) is 14.1. The average molecular weight is 343 g/mol. The van der Waals surface area contributed by atoms with Gasteiger partial charge in [0.1, 0.15) is 11.2 Å². The molecule has 1 aliphatic rings. The highest BCUT2D eigenvalue weighted by atomic mass is 16.2. The second-order valence-electron chi connectivity index (χ2n) is 6.40. The van der Waals surface area contributed by atoms with Gasteiger partial charge in [0.15, 0.2) is 0 Å². The summed E-state index contributed by atoms with van der Waals surface area (Å²) in [6, 6.07) is 3.57. The van der Waals surface area contributed by atoms with Crippen LogP contribution < -0.4 is 16.6 Å². The van der Waals surface area contributed by atoms with Gasteiger partial charge in [0.2, 0.25) is 5.91 Å². The molecule has 0 aliphatic carbocycles. The lowest BCUT2D eigenvalue weighted by molar-refractivity contribution is -0.119. The predicted molar refractivity (Wildman–Crippen MR) is 92.3 cm³/mol. The number of carbonyl (C=O) groups excluding carboxylic acids is 2. The fraction of sp³-hybridized carbons (Fsp3) is 0.412. The molecule has 0 bridgehead atoms. The van der Waals surface area contributed by atoms with Crippen molar-refractivity contribution in [1.82, 2.24) is 19.6 Å². The number of likely N-dealkylation sites (tertiary alicyclic amines) is 1. The first-order valence-corrected chi connectivity index (χ1v) is 8.23. The molecule has 132 valence electrons. The first-order valence-electron chi connectivity index (χ1n) is 8.23. The van der Waals surface area contributed by atoms with Crippen molar-refractivity contribution in [3.05, 3.63) is 46.0 Å². The molecule has 8 nitrogen and oxygen atoms in total. The predicted octanol–water partition coefficient (Wildman–Crippen LogP) is -0.318. The molecule has 0 aromatic carbocycles. The summed E-state index contributed by atoms with van der Waals surface area (Å²) in [6.07, 6.45) is 4.41. The van der Waals surface area contributed by atoms with Crippen molar-refractivity contribution in [3.8, 4) is 0 Å². The van der Waals surface area contributed by atoms with E-state index >= 15 is 0 Å². The van der Waals surface area contributed by atoms with Crippen LogP contribution in [0.25, 0.3) is 5.65 Å². The fourth-order valence-corrected chi connectivity index (χ4v) is 3.06. The second-order valence-corrected chi connectivity index (χ2v) is 6.40. The molecule has 0 saturated carbocycles. The Labute approximate surface area is 144 Å². The minimum absolute atomic E-state index is 0.0302. The summed E-state index contributed by atoms with van der Waals surface area (Å²) < 4.78 is 1.39. The summed E-state index contributed by atoms with van der Waals surface area (Å²) in [5.41, 5.74) is 6.26. The Bertz CT molecular complexity index is 868. The number of amides is 2. The number of pyridine rings is 1. The van der Waals surface area contributed by atoms with Crippen LogP contribution in [0.5, 0.6) is 0 Å². The highest BCUT2D eigenvalue weighted by Gasteiger charge is 2.23. The lowest BCUT2D eigenvalue weighted by atomic mass is 10.0. The SMILES string of the molecule is Cc1ccc2ncc(C(=O)NC3CCN(CC(N)=O)CC3)c(=O)n2c1. The monoisotopic (exact) mass is 343 g/mol. The van der Waals surface area contributed by atoms with E-state index in [0.29, 0.717) is 31.6 Å². The van der Waals surface area contributed by atoms with E-state index < -0.39 is 5.91 Å². The van der Waals surface area contributed by atoms with Crippen LogP contribution in [0, 0.1) is 6.92 Å². The van der Waals surface area contributed by atoms with Gasteiger partial charge in [-0.25, -0.2) is 4.98 Å². The van der Waals surface area contributed by atoms with Gasteiger partial charge in [-0.3, -0.25) is 23.7 Å². The molecule has 2 aromatic rings. The zero-order valence-corrected chi connectivity index (χ0v) is 14.1. The number of fused-ring (bicyclic) bond motifs is 1. The lowest BCUT2D eigenvalue weighted by Crippen LogP contribution is -2.47. The summed E-state index contributed by atoms with van der Waals surface area (Å²) >= 11 is 0. The van der Waals surface area contributed by atoms with Gasteiger partial charge in [-0.15, -0.1) is 0 Å². The smallest absolute Gasteiger partial charge is 0.270 e. The van der Waals surface area contributed by atoms with E-state index in [4.69, 9.17) is 5.73 Å². The maximum absolute atomic E-state index is 12.5. The van der Waals surface area contributed by atoms with E-state index in [0.717, 1.165) is 5.56 Å². The molecule has 1 aliphatic heterocycles. The third-order valence-corrected chi connectivity index (χ3v) is 4.40. The number of nitrogens with zero attached hydrogens (tertiary/aromatic N) is 3. The van der Waals surface area contributed by atoms with Gasteiger partial charge in [0.25, 0.3) is 11.5 Å². The Morgan fingerprint density at radius 3 is 2.72 bits per heavy atom. The number of nitrogens with one attached hydrogen (secondary N) is 1. The summed E-state index contributed by atoms with van der Waals surface area (Å²) in [4.78, 5) is 42.1. The molecule has 1 fully saturated rings. The van der Waals surface area contributed by atoms with Crippen LogP contribution in [0.2, 0.25) is 0 Å². The van der Waals surface area contributed by atoms with E-state index in [1.807, 2.05) is 17.9 Å². The number of aryl methyl sites for hydroxylation is 1. The maximum atomic E-state index is 12.5. The lowest BCUT2D eigenvalue weighted by Gasteiger charge is -2.31. The van der Waals surface area contributed by atoms with Crippen LogP contribution >= 0.6 is 0 Å². The van der Waals surface area contributed by atoms with E-state index in [-0.39, 0.29) is 29.6 Å². The van der Waals surface area contributed by atoms with Crippen molar-refractivity contribution >= 4 is 17.5 Å². The van der Waals surface area contributed by atoms with Crippen LogP contribution in [0.4, 0.5) is 0 Å². The Morgan fingerprint density at radius 2 is 2.04 bits per heavy atom. The number of nitrogens with two attached hydrogens (primary N) is 1. The molecule has 25 heavy (non-hydrogen) atoms. The number of hydrogen-bond acceptors (Lipinski definition) is 5. The molecule has 3 N–H and O–H groups in total. The minimum Gasteiger partial charge on any atom is -0.369 e. The Hall–Kier alpha value is -2.74. The maximum Gasteiger partial charge on any atom is 0.270 e. The highest BCUT2D eigenvalue weighted by Crippen LogP contribution is 2.10. The highest BCUT2D eigenvalue weighted by molar-refractivity contribution is 5.93. The van der Waals surface area contributed by atoms with Crippen molar-refractivity contribution in [2.45, 2.75) is 25.8 Å². The van der Waals surface area contributed by atoms with Crippen LogP contribution in [0.1, 0.15) is 28.8 Å². The van der Waals surface area contributed by atoms with E-state index in [1.54, 1.807) is 12.3 Å². The van der Waals surface area contributed by atoms with Gasteiger partial charge in [-0.05, 0) is 31.4 Å². The quantitative estimate of drug-likeness (QED) is 0.791. The van der Waals surface area contributed by atoms with Crippen LogP contribution in [0.3, 0.4) is 0 Å². The molecule has 8 heteroatoms. The Morgan fingerprint density at radius 1 is 1.32 bits per heavy atom. The molecule has 3 rings (SSSR count). The van der Waals surface area contributed by atoms with Crippen molar-refractivity contribution in [2.75, 3.05) is 19.6 Å². The van der Waals surface area contributed by atoms with E-state index in [9.17, 15) is 14.4 Å². The fourth-order valence-electron chi connectivity index (χ4n) is 3.06. The molecule has 0 atom stereocenters. The Balaban J connectivity index is 1.70. The minimum atomic E-state index is -0.415. The number of primary amides is 1. The molecule has 3 heterocycles. The number of hydrogen-bond donors (Lipinski definition) is 2. The van der Waals surface area contributed by atoms with Crippen LogP contribution in [-0.4, -0.2) is 51.8 Å². The topological polar surface area (TPSA) is 110 Å². The molecule has 1 saturated heterocycles. The van der Waals surface area contributed by atoms with Crippen molar-refractivity contribution in [2.24, 2.45) is 5.73 Å². The second kappa shape index (κ2) is 7.02. The first-order chi connectivity index (χ1) is 11.9. The van der Waals surface area contributed by atoms with Gasteiger partial charge >= 0.3 is 0 Å². The standard InChI is InChI=1S/C17H21N5O3/c1-11-2-3-15-19-8-13(17(25)22(15)9-11)16(24)20-12-4-6-21(7-5-12)10-14(18)23/h2-3,8-9,12H,4-7,10H2,1H3,(H2,18,23)(H,20,24). The molecule has 0 radical (unpaired) electrons. The molecule has 0 spiro atoms. The van der Waals surface area contributed by atoms with Gasteiger partial charge in [0, 0.05) is 31.5 Å². The van der Waals surface area contributed by atoms with Gasteiger partial charge in [-0.2, -0.15) is 0 Å². The van der Waals surface area contributed by atoms with Gasteiger partial charge in [0.05, 0.1) is 6.54 Å². The zero-order chi connectivity index (χ0) is 18.0. The summed E-state index contributed by atoms with van der Waals surface area (Å²) in [6.45, 7) is 3.47. The van der Waals surface area contributed by atoms with Gasteiger partial charge in [-0.1, -0.05) is 6.07 Å². The number of carbonyl (C=O) groups is 2. The third kappa shape index (κ3) is 3.85. The largest absolute Gasteiger partial charge is 0.369 e. The molecular weight excluding hydrogens is 322 g/mol. The van der Waals surface area contributed by atoms with Crippen molar-refractivity contribution in [3.63, 3.8) is 0 Å². The van der Waals surface area contributed by atoms with E-state index in [1.165, 1.54) is 10.6 Å². The number of aromatic nitrogens is 2. The number of piperidine rings is 1. The van der Waals surface area contributed by atoms with Crippen LogP contribution in [-0.2, 0) is 4.79 Å². The molecule has 2 aromatic heterocycles. The molecular formula is C17H21N5O3. The van der Waals surface area contributed by atoms with E-state index in [2.05, 4.69) is 10.3 Å². The van der Waals surface area contributed by atoms with Crippen molar-refractivity contribution in [1.29, 1.82) is 0 Å². The average Bonchev–Trinajstić information content (AvgIpc) is 2.57. The molecule has 2 amide bonds. The Kier molecular flexibility index (Phi) is 4.80. The molecule has 0 unspecified atom stereocenters. The van der Waals surface area contributed by atoms with Gasteiger partial charge < -0.3 is 11.1 Å². The third-order valence-electron chi connectivity index (χ3n) is 4.40. The van der Waals surface area contributed by atoms with Crippen molar-refractivity contribution < 1.29 is 9.59 Å². The summed E-state index contributed by atoms with van der Waals surface area (Å²) in [5.74, 6) is -0.769. The summed E-state index contributed by atoms with van der Waals surface area (Å²) in [7, 11) is 0. The normalized spacial score (nSPS) is 16.0.